The Hall–Kier alpha value is -2.17. The molecule has 1 aliphatic rings. The van der Waals surface area contributed by atoms with Crippen molar-refractivity contribution in [2.24, 2.45) is 5.73 Å². The number of amides is 1. The molecule has 0 radical (unpaired) electrons. The van der Waals surface area contributed by atoms with Crippen LogP contribution < -0.4 is 10.6 Å². The zero-order valence-electron chi connectivity index (χ0n) is 7.97. The minimum Gasteiger partial charge on any atom is -0.400 e. The monoisotopic (exact) mass is 202 g/mol. The van der Waals surface area contributed by atoms with Gasteiger partial charge in [0.2, 0.25) is 0 Å². The topological polar surface area (TPSA) is 83.1 Å². The van der Waals surface area contributed by atoms with E-state index in [9.17, 15) is 4.79 Å². The van der Waals surface area contributed by atoms with Gasteiger partial charge in [-0.3, -0.25) is 9.78 Å². The Morgan fingerprint density at radius 2 is 2.40 bits per heavy atom. The van der Waals surface area contributed by atoms with Crippen molar-refractivity contribution < 1.29 is 4.79 Å². The van der Waals surface area contributed by atoms with Crippen LogP contribution in [0.15, 0.2) is 35.8 Å². The smallest absolute Gasteiger partial charge is 0.262 e. The first kappa shape index (κ1) is 9.39. The van der Waals surface area contributed by atoms with E-state index in [-0.39, 0.29) is 11.5 Å². The maximum Gasteiger partial charge on any atom is 0.262 e. The lowest BCUT2D eigenvalue weighted by Gasteiger charge is -2.15. The summed E-state index contributed by atoms with van der Waals surface area (Å²) in [7, 11) is 0. The van der Waals surface area contributed by atoms with Crippen molar-refractivity contribution in [2.45, 2.75) is 0 Å². The van der Waals surface area contributed by atoms with Crippen molar-refractivity contribution in [3.63, 3.8) is 0 Å². The van der Waals surface area contributed by atoms with Crippen molar-refractivity contribution >= 4 is 17.8 Å². The largest absolute Gasteiger partial charge is 0.400 e. The number of nitrogens with zero attached hydrogens (tertiary/aromatic N) is 2. The van der Waals surface area contributed by atoms with Gasteiger partial charge in [-0.25, -0.2) is 0 Å². The van der Waals surface area contributed by atoms with Gasteiger partial charge in [0.1, 0.15) is 0 Å². The molecule has 0 saturated carbocycles. The van der Waals surface area contributed by atoms with Gasteiger partial charge in [-0.1, -0.05) is 0 Å². The molecule has 3 N–H and O–H groups in total. The summed E-state index contributed by atoms with van der Waals surface area (Å²) >= 11 is 0. The van der Waals surface area contributed by atoms with Crippen LogP contribution in [0.3, 0.4) is 0 Å². The lowest BCUT2D eigenvalue weighted by molar-refractivity contribution is -0.114. The molecule has 0 spiro atoms. The summed E-state index contributed by atoms with van der Waals surface area (Å²) in [6, 6.07) is 3.53. The third kappa shape index (κ3) is 1.48. The predicted octanol–water partition coefficient (Wildman–Crippen LogP) is 0.291. The summed E-state index contributed by atoms with van der Waals surface area (Å²) < 4.78 is 0. The summed E-state index contributed by atoms with van der Waals surface area (Å²) in [5, 5.41) is 7.09. The van der Waals surface area contributed by atoms with Gasteiger partial charge in [-0.15, -0.1) is 0 Å². The van der Waals surface area contributed by atoms with E-state index in [1.807, 2.05) is 0 Å². The van der Waals surface area contributed by atoms with Crippen LogP contribution in [0.25, 0.3) is 0 Å². The highest BCUT2D eigenvalue weighted by Gasteiger charge is 2.28. The number of hydrogen-bond donors (Lipinski definition) is 2. The summed E-state index contributed by atoms with van der Waals surface area (Å²) in [5.74, 6) is -0.240. The lowest BCUT2D eigenvalue weighted by Crippen LogP contribution is -2.27. The van der Waals surface area contributed by atoms with Crippen LogP contribution in [0.1, 0.15) is 0 Å². The van der Waals surface area contributed by atoms with E-state index < -0.39 is 0 Å². The Morgan fingerprint density at radius 3 is 2.93 bits per heavy atom. The van der Waals surface area contributed by atoms with Crippen molar-refractivity contribution in [3.05, 3.63) is 35.8 Å². The van der Waals surface area contributed by atoms with Crippen LogP contribution >= 0.6 is 0 Å². The zero-order valence-corrected chi connectivity index (χ0v) is 7.97. The second kappa shape index (κ2) is 3.53. The maximum atomic E-state index is 11.8. The fourth-order valence-corrected chi connectivity index (χ4v) is 1.49. The zero-order chi connectivity index (χ0) is 10.8. The van der Waals surface area contributed by atoms with Crippen LogP contribution in [0.4, 0.5) is 5.69 Å². The van der Waals surface area contributed by atoms with Crippen LogP contribution in [-0.2, 0) is 4.79 Å². The van der Waals surface area contributed by atoms with Gasteiger partial charge in [0.15, 0.2) is 0 Å². The molecule has 2 heterocycles. The number of nitrogens with one attached hydrogen (secondary N) is 1. The Morgan fingerprint density at radius 1 is 1.60 bits per heavy atom. The van der Waals surface area contributed by atoms with Gasteiger partial charge >= 0.3 is 0 Å². The van der Waals surface area contributed by atoms with Gasteiger partial charge in [-0.2, -0.15) is 0 Å². The standard InChI is InChI=1S/C10H10N4O/c11-4-8-9(12)6-14(10(8)15)7-2-1-3-13-5-7/h1-5,11H,6,12H2. The molecule has 1 aromatic heterocycles. The third-order valence-corrected chi connectivity index (χ3v) is 2.25. The average Bonchev–Trinajstić information content (AvgIpc) is 2.55. The van der Waals surface area contributed by atoms with Gasteiger partial charge in [-0.05, 0) is 12.1 Å². The fourth-order valence-electron chi connectivity index (χ4n) is 1.49. The molecule has 2 rings (SSSR count). The molecule has 0 unspecified atom stereocenters. The van der Waals surface area contributed by atoms with E-state index in [1.165, 1.54) is 4.90 Å². The third-order valence-electron chi connectivity index (χ3n) is 2.25. The Labute approximate surface area is 86.7 Å². The number of carbonyl (C=O) groups excluding carboxylic acids is 1. The molecule has 1 aromatic rings. The van der Waals surface area contributed by atoms with Crippen molar-refractivity contribution in [1.82, 2.24) is 4.98 Å². The first-order valence-electron chi connectivity index (χ1n) is 4.45. The second-order valence-corrected chi connectivity index (χ2v) is 3.19. The van der Waals surface area contributed by atoms with Crippen LogP contribution in [0.5, 0.6) is 0 Å². The van der Waals surface area contributed by atoms with E-state index in [0.29, 0.717) is 17.9 Å². The molecule has 76 valence electrons. The minimum absolute atomic E-state index is 0.240. The number of aromatic nitrogens is 1. The number of hydrogen-bond acceptors (Lipinski definition) is 4. The molecule has 5 heteroatoms. The molecule has 1 aliphatic heterocycles. The molecular formula is C10H10N4O. The predicted molar refractivity (Wildman–Crippen MR) is 56.6 cm³/mol. The maximum absolute atomic E-state index is 11.8. The average molecular weight is 202 g/mol. The van der Waals surface area contributed by atoms with Crippen LogP contribution in [0.2, 0.25) is 0 Å². The van der Waals surface area contributed by atoms with Crippen LogP contribution in [0, 0.1) is 5.41 Å². The lowest BCUT2D eigenvalue weighted by atomic mass is 10.2. The number of rotatable bonds is 2. The van der Waals surface area contributed by atoms with E-state index in [0.717, 1.165) is 6.21 Å². The molecule has 0 fully saturated rings. The first-order valence-corrected chi connectivity index (χ1v) is 4.45. The highest BCUT2D eigenvalue weighted by molar-refractivity contribution is 6.21. The quantitative estimate of drug-likeness (QED) is 0.676. The summed E-state index contributed by atoms with van der Waals surface area (Å²) in [4.78, 5) is 17.2. The highest BCUT2D eigenvalue weighted by Crippen LogP contribution is 2.21. The number of nitrogens with two attached hydrogens (primary N) is 1. The van der Waals surface area contributed by atoms with E-state index in [4.69, 9.17) is 11.1 Å². The molecule has 0 aromatic carbocycles. The second-order valence-electron chi connectivity index (χ2n) is 3.19. The Kier molecular flexibility index (Phi) is 2.21. The molecule has 5 nitrogen and oxygen atoms in total. The van der Waals surface area contributed by atoms with Crippen molar-refractivity contribution in [2.75, 3.05) is 11.4 Å². The molecule has 15 heavy (non-hydrogen) atoms. The highest BCUT2D eigenvalue weighted by atomic mass is 16.2. The van der Waals surface area contributed by atoms with Gasteiger partial charge in [0.05, 0.1) is 24.0 Å². The normalized spacial score (nSPS) is 16.0. The molecule has 1 amide bonds. The molecule has 0 bridgehead atoms. The minimum atomic E-state index is -0.240. The van der Waals surface area contributed by atoms with Crippen molar-refractivity contribution in [1.29, 1.82) is 5.41 Å². The van der Waals surface area contributed by atoms with Gasteiger partial charge < -0.3 is 16.0 Å². The molecule has 0 saturated heterocycles. The number of anilines is 1. The van der Waals surface area contributed by atoms with E-state index in [1.54, 1.807) is 24.5 Å². The molecule has 0 atom stereocenters. The SMILES string of the molecule is N=CC1=C(N)CN(c2cccnc2)C1=O. The molecular weight excluding hydrogens is 192 g/mol. The fraction of sp³-hybridized carbons (Fsp3) is 0.100. The van der Waals surface area contributed by atoms with Crippen molar-refractivity contribution in [3.8, 4) is 0 Å². The number of pyridine rings is 1. The van der Waals surface area contributed by atoms with Gasteiger partial charge in [0, 0.05) is 18.1 Å². The first-order chi connectivity index (χ1) is 7.24. The number of carbonyl (C=O) groups is 1. The Balaban J connectivity index is 2.32. The summed E-state index contributed by atoms with van der Waals surface area (Å²) in [6.07, 6.45) is 4.23. The molecule has 0 aliphatic carbocycles. The van der Waals surface area contributed by atoms with Gasteiger partial charge in [0.25, 0.3) is 5.91 Å². The van der Waals surface area contributed by atoms with E-state index in [2.05, 4.69) is 4.98 Å². The Bertz CT molecular complexity index is 438. The van der Waals surface area contributed by atoms with E-state index >= 15 is 0 Å². The summed E-state index contributed by atoms with van der Waals surface area (Å²) in [5.41, 5.74) is 7.04. The van der Waals surface area contributed by atoms with Crippen LogP contribution in [-0.4, -0.2) is 23.7 Å². The summed E-state index contributed by atoms with van der Waals surface area (Å²) in [6.45, 7) is 0.329.